The van der Waals surface area contributed by atoms with E-state index in [4.69, 9.17) is 13.8 Å². The van der Waals surface area contributed by atoms with Crippen LogP contribution in [0.15, 0.2) is 0 Å². The Hall–Kier alpha value is -1.48. The van der Waals surface area contributed by atoms with E-state index in [0.717, 1.165) is 12.8 Å². The van der Waals surface area contributed by atoms with E-state index in [2.05, 4.69) is 15.1 Å². The molecule has 0 aromatic carbocycles. The number of carbonyl (C=O) groups is 3. The van der Waals surface area contributed by atoms with Gasteiger partial charge in [-0.25, -0.2) is 9.65 Å². The van der Waals surface area contributed by atoms with Gasteiger partial charge >= 0.3 is 19.7 Å². The lowest BCUT2D eigenvalue weighted by Gasteiger charge is -2.40. The molecule has 1 heterocycles. The molecule has 0 radical (unpaired) electrons. The van der Waals surface area contributed by atoms with Crippen molar-refractivity contribution in [2.24, 2.45) is 11.3 Å². The molecule has 174 valence electrons. The van der Waals surface area contributed by atoms with Gasteiger partial charge in [0.25, 0.3) is 0 Å². The number of methoxy groups -OCH3 is 1. The molecule has 2 N–H and O–H groups in total. The third-order valence-corrected chi connectivity index (χ3v) is 6.64. The second kappa shape index (κ2) is 11.8. The van der Waals surface area contributed by atoms with Gasteiger partial charge in [-0.15, -0.1) is 0 Å². The summed E-state index contributed by atoms with van der Waals surface area (Å²) in [6, 6.07) is -0.950. The summed E-state index contributed by atoms with van der Waals surface area (Å²) in [7, 11) is -2.68. The van der Waals surface area contributed by atoms with Gasteiger partial charge < -0.3 is 14.8 Å². The van der Waals surface area contributed by atoms with Crippen LogP contribution in [-0.4, -0.2) is 56.9 Å². The molecule has 0 spiro atoms. The Balaban J connectivity index is 2.70. The van der Waals surface area contributed by atoms with Crippen molar-refractivity contribution in [1.29, 1.82) is 0 Å². The average Bonchev–Trinajstić information content (AvgIpc) is 2.70. The number of hydrogen-bond acceptors (Lipinski definition) is 8. The quantitative estimate of drug-likeness (QED) is 0.359. The van der Waals surface area contributed by atoms with Crippen molar-refractivity contribution in [3.8, 4) is 0 Å². The standard InChI is InChI=1S/C19H35N2O8P/c1-7-14(8-2)11-27-18(24)13(3)21-30(25)28-12-19(4,5)16(29-30)17(23)20-10-9-15(22)26-6/h13-14,16H,7-12H2,1-6H3,(H,20,23)(H,21,25)/t13-,16-,30+/m0/s1. The van der Waals surface area contributed by atoms with Gasteiger partial charge in [-0.2, -0.15) is 0 Å². The van der Waals surface area contributed by atoms with Crippen LogP contribution < -0.4 is 10.4 Å². The van der Waals surface area contributed by atoms with E-state index in [9.17, 15) is 18.9 Å². The Morgan fingerprint density at radius 2 is 1.87 bits per heavy atom. The topological polar surface area (TPSA) is 129 Å². The van der Waals surface area contributed by atoms with Crippen LogP contribution in [0.2, 0.25) is 0 Å². The molecule has 1 aliphatic heterocycles. The first-order chi connectivity index (χ1) is 14.0. The van der Waals surface area contributed by atoms with E-state index in [1.165, 1.54) is 14.0 Å². The number of ether oxygens (including phenoxy) is 2. The van der Waals surface area contributed by atoms with Crippen molar-refractivity contribution in [3.63, 3.8) is 0 Å². The van der Waals surface area contributed by atoms with Crippen LogP contribution in [0.25, 0.3) is 0 Å². The van der Waals surface area contributed by atoms with Crippen molar-refractivity contribution < 1.29 is 37.5 Å². The van der Waals surface area contributed by atoms with Gasteiger partial charge in [-0.1, -0.05) is 40.5 Å². The Morgan fingerprint density at radius 3 is 2.43 bits per heavy atom. The molecule has 1 fully saturated rings. The van der Waals surface area contributed by atoms with Crippen molar-refractivity contribution in [1.82, 2.24) is 10.4 Å². The lowest BCUT2D eigenvalue weighted by atomic mass is 9.87. The maximum Gasteiger partial charge on any atom is 0.407 e. The number of esters is 2. The highest BCUT2D eigenvalue weighted by Crippen LogP contribution is 2.53. The minimum Gasteiger partial charge on any atom is -0.469 e. The molecule has 0 unspecified atom stereocenters. The van der Waals surface area contributed by atoms with Crippen molar-refractivity contribution in [3.05, 3.63) is 0 Å². The van der Waals surface area contributed by atoms with Gasteiger partial charge in [-0.05, 0) is 12.8 Å². The molecule has 0 aromatic rings. The zero-order valence-electron chi connectivity index (χ0n) is 18.7. The summed E-state index contributed by atoms with van der Waals surface area (Å²) in [6.07, 6.45) is 0.673. The highest BCUT2D eigenvalue weighted by molar-refractivity contribution is 7.51. The van der Waals surface area contributed by atoms with Gasteiger partial charge in [0.15, 0.2) is 6.10 Å². The molecule has 0 aromatic heterocycles. The maximum absolute atomic E-state index is 13.0. The summed E-state index contributed by atoms with van der Waals surface area (Å²) in [6.45, 7) is 9.30. The number of nitrogens with one attached hydrogen (secondary N) is 2. The molecule has 0 bridgehead atoms. The van der Waals surface area contributed by atoms with Gasteiger partial charge in [0.05, 0.1) is 26.7 Å². The predicted octanol–water partition coefficient (Wildman–Crippen LogP) is 2.17. The molecule has 11 heteroatoms. The first kappa shape index (κ1) is 26.6. The number of carbonyl (C=O) groups excluding carboxylic acids is 3. The summed E-state index contributed by atoms with van der Waals surface area (Å²) in [5.41, 5.74) is -0.774. The van der Waals surface area contributed by atoms with Crippen LogP contribution in [0.3, 0.4) is 0 Å². The third kappa shape index (κ3) is 7.98. The SMILES string of the molecule is CCC(CC)COC(=O)[C@H](C)N[P@@]1(=O)OCC(C)(C)[C@H](C(=O)NCCC(=O)OC)O1. The molecule has 30 heavy (non-hydrogen) atoms. The number of rotatable bonds is 11. The van der Waals surface area contributed by atoms with Crippen molar-refractivity contribution in [2.75, 3.05) is 26.9 Å². The van der Waals surface area contributed by atoms with E-state index in [-0.39, 0.29) is 32.1 Å². The largest absolute Gasteiger partial charge is 0.469 e. The lowest BCUT2D eigenvalue weighted by molar-refractivity contribution is -0.147. The summed E-state index contributed by atoms with van der Waals surface area (Å²) >= 11 is 0. The van der Waals surface area contributed by atoms with Gasteiger partial charge in [-0.3, -0.25) is 23.4 Å². The normalized spacial score (nSPS) is 24.2. The van der Waals surface area contributed by atoms with E-state index in [1.54, 1.807) is 13.8 Å². The van der Waals surface area contributed by atoms with Crippen LogP contribution in [0, 0.1) is 11.3 Å². The number of amides is 1. The molecule has 0 aliphatic carbocycles. The van der Waals surface area contributed by atoms with Crippen molar-refractivity contribution >= 4 is 25.6 Å². The smallest absolute Gasteiger partial charge is 0.407 e. The van der Waals surface area contributed by atoms with E-state index >= 15 is 0 Å². The average molecular weight is 450 g/mol. The minimum absolute atomic E-state index is 0.00118. The monoisotopic (exact) mass is 450 g/mol. The van der Waals surface area contributed by atoms with E-state index in [1.807, 2.05) is 13.8 Å². The fourth-order valence-electron chi connectivity index (χ4n) is 2.73. The van der Waals surface area contributed by atoms with Gasteiger partial charge in [0, 0.05) is 12.0 Å². The number of hydrogen-bond donors (Lipinski definition) is 2. The summed E-state index contributed by atoms with van der Waals surface area (Å²) in [4.78, 5) is 36.0. The minimum atomic E-state index is -3.93. The Kier molecular flexibility index (Phi) is 10.4. The molecule has 3 atom stereocenters. The molecule has 1 amide bonds. The molecule has 1 rings (SSSR count). The first-order valence-electron chi connectivity index (χ1n) is 10.2. The molecule has 0 saturated carbocycles. The van der Waals surface area contributed by atoms with Gasteiger partial charge in [0.1, 0.15) is 6.04 Å². The highest BCUT2D eigenvalue weighted by Gasteiger charge is 2.49. The van der Waals surface area contributed by atoms with Crippen LogP contribution >= 0.6 is 7.75 Å². The van der Waals surface area contributed by atoms with E-state index in [0.29, 0.717) is 0 Å². The Morgan fingerprint density at radius 1 is 1.23 bits per heavy atom. The summed E-state index contributed by atoms with van der Waals surface area (Å²) in [5, 5.41) is 5.12. The molecular weight excluding hydrogens is 415 g/mol. The van der Waals surface area contributed by atoms with Crippen LogP contribution in [0.1, 0.15) is 53.9 Å². The fourth-order valence-corrected chi connectivity index (χ4v) is 4.67. The van der Waals surface area contributed by atoms with Crippen LogP contribution in [0.4, 0.5) is 0 Å². The fraction of sp³-hybridized carbons (Fsp3) is 0.842. The molecule has 1 aliphatic rings. The second-order valence-electron chi connectivity index (χ2n) is 8.03. The molecule has 10 nitrogen and oxygen atoms in total. The molecule has 1 saturated heterocycles. The van der Waals surface area contributed by atoms with Crippen molar-refractivity contribution in [2.45, 2.75) is 66.0 Å². The molecular formula is C19H35N2O8P. The van der Waals surface area contributed by atoms with Crippen LogP contribution in [-0.2, 0) is 37.5 Å². The zero-order chi connectivity index (χ0) is 22.9. The van der Waals surface area contributed by atoms with E-state index < -0.39 is 43.2 Å². The zero-order valence-corrected chi connectivity index (χ0v) is 19.6. The summed E-state index contributed by atoms with van der Waals surface area (Å²) < 4.78 is 33.7. The highest BCUT2D eigenvalue weighted by atomic mass is 31.2. The van der Waals surface area contributed by atoms with Gasteiger partial charge in [0.2, 0.25) is 5.91 Å². The lowest BCUT2D eigenvalue weighted by Crippen LogP contribution is -2.51. The second-order valence-corrected chi connectivity index (χ2v) is 9.75. The predicted molar refractivity (Wildman–Crippen MR) is 109 cm³/mol. The Bertz CT molecular complexity index is 650. The maximum atomic E-state index is 13.0. The Labute approximate surface area is 178 Å². The van der Waals surface area contributed by atoms with Crippen LogP contribution in [0.5, 0.6) is 0 Å². The summed E-state index contributed by atoms with van der Waals surface area (Å²) in [5.74, 6) is -1.31. The third-order valence-electron chi connectivity index (χ3n) is 4.98. The first-order valence-corrected chi connectivity index (χ1v) is 11.7.